The maximum Gasteiger partial charge on any atom is 2.00 e. The number of hydrogen-bond acceptors (Lipinski definition) is 1. The Labute approximate surface area is 162 Å². The van der Waals surface area contributed by atoms with E-state index in [0.717, 1.165) is 11.8 Å². The molecule has 3 aliphatic carbocycles. The number of hydrogen-bond donors (Lipinski definition) is 0. The van der Waals surface area contributed by atoms with Crippen molar-refractivity contribution in [2.45, 2.75) is 0 Å². The van der Waals surface area contributed by atoms with Gasteiger partial charge in [0.05, 0.1) is 0 Å². The van der Waals surface area contributed by atoms with Crippen LogP contribution in [0.3, 0.4) is 0 Å². The Bertz CT molecular complexity index is 270. The van der Waals surface area contributed by atoms with Crippen molar-refractivity contribution in [2.24, 2.45) is 0 Å². The van der Waals surface area contributed by atoms with Crippen molar-refractivity contribution >= 4 is 5.78 Å². The molecule has 3 nitrogen and oxygen atoms in total. The Hall–Kier alpha value is 0.176. The third-order valence-corrected chi connectivity index (χ3v) is 2.41. The Morgan fingerprint density at radius 2 is 0.826 bits per heavy atom. The minimum atomic E-state index is 0. The molecule has 23 heavy (non-hydrogen) atoms. The summed E-state index contributed by atoms with van der Waals surface area (Å²) in [5, 5.41) is 0. The molecule has 0 N–H and O–H groups in total. The molecule has 0 unspecified atom stereocenters. The molecule has 0 aromatic rings. The van der Waals surface area contributed by atoms with Gasteiger partial charge in [-0.25, -0.2) is 0 Å². The summed E-state index contributed by atoms with van der Waals surface area (Å²) >= 11 is 0. The Kier molecular flexibility index (Phi) is 24.6. The Morgan fingerprint density at radius 3 is 1.04 bits per heavy atom. The van der Waals surface area contributed by atoms with Gasteiger partial charge in [0.2, 0.25) is 0 Å². The summed E-state index contributed by atoms with van der Waals surface area (Å²) in [6.07, 6.45) is 24.8. The molecule has 0 spiro atoms. The molecule has 0 aliphatic heterocycles. The molecule has 3 rings (SSSR count). The first-order chi connectivity index (χ1) is 10.4. The van der Waals surface area contributed by atoms with Gasteiger partial charge in [-0.05, 0) is 83.5 Å². The summed E-state index contributed by atoms with van der Waals surface area (Å²) < 4.78 is 15.0. The summed E-state index contributed by atoms with van der Waals surface area (Å²) in [6, 6.07) is 0. The zero-order chi connectivity index (χ0) is 15.9. The van der Waals surface area contributed by atoms with Crippen LogP contribution in [0, 0.1) is 109 Å². The van der Waals surface area contributed by atoms with E-state index in [1.54, 1.807) is 0 Å². The number of rotatable bonds is 2. The minimum absolute atomic E-state index is 0. The zero-order valence-corrected chi connectivity index (χ0v) is 14.1. The fourth-order valence-corrected chi connectivity index (χ4v) is 1.54. The molecule has 0 aromatic carbocycles. The van der Waals surface area contributed by atoms with Crippen molar-refractivity contribution in [1.82, 2.24) is 0 Å². The Morgan fingerprint density at radius 1 is 0.609 bits per heavy atom. The fourth-order valence-electron chi connectivity index (χ4n) is 1.54. The van der Waals surface area contributed by atoms with Gasteiger partial charge in [0.25, 0.3) is 0 Å². The molecular weight excluding hydrogens is 379 g/mol. The number of ketones is 1. The van der Waals surface area contributed by atoms with Gasteiger partial charge in [0, 0.05) is 28.6 Å². The predicted molar refractivity (Wildman–Crippen MR) is 75.3 cm³/mol. The molecule has 0 saturated heterocycles. The van der Waals surface area contributed by atoms with Crippen molar-refractivity contribution in [1.29, 1.82) is 0 Å². The summed E-state index contributed by atoms with van der Waals surface area (Å²) in [6.45, 7) is 9.00. The van der Waals surface area contributed by atoms with Crippen molar-refractivity contribution in [2.75, 3.05) is 0 Å². The van der Waals surface area contributed by atoms with Gasteiger partial charge >= 0.3 is 39.7 Å². The van der Waals surface area contributed by atoms with Gasteiger partial charge < -0.3 is 0 Å². The summed E-state index contributed by atoms with van der Waals surface area (Å²) in [4.78, 5) is 11.6. The Balaban J connectivity index is -0.000000311. The van der Waals surface area contributed by atoms with Crippen LogP contribution in [0.1, 0.15) is 0 Å². The van der Waals surface area contributed by atoms with Crippen LogP contribution in [0.5, 0.6) is 0 Å². The molecular formula is C18H13CoFeO3+2. The van der Waals surface area contributed by atoms with Crippen molar-refractivity contribution < 1.29 is 47.9 Å². The molecule has 0 amide bonds. The third-order valence-electron chi connectivity index (χ3n) is 2.41. The molecule has 3 saturated carbocycles. The van der Waals surface area contributed by atoms with E-state index in [4.69, 9.17) is 9.30 Å². The molecule has 0 aromatic heterocycles. The number of carbonyl (C=O) groups is 1. The molecule has 0 heterocycles. The minimum Gasteiger partial charge on any atom is -0.0312 e. The zero-order valence-electron chi connectivity index (χ0n) is 11.9. The molecule has 16 radical (unpaired) electrons. The smallest absolute Gasteiger partial charge is 0.0312 e. The molecule has 0 atom stereocenters. The van der Waals surface area contributed by atoms with Gasteiger partial charge in [-0.2, -0.15) is 0 Å². The van der Waals surface area contributed by atoms with Gasteiger partial charge in [0.1, 0.15) is 5.78 Å². The third kappa shape index (κ3) is 12.2. The predicted octanol–water partition coefficient (Wildman–Crippen LogP) is 2.31. The second-order valence-electron chi connectivity index (χ2n) is 3.64. The molecule has 3 aliphatic rings. The van der Waals surface area contributed by atoms with Crippen molar-refractivity contribution in [3.63, 3.8) is 0 Å². The van der Waals surface area contributed by atoms with Crippen LogP contribution in [-0.2, 0) is 47.9 Å². The molecule has 3 fully saturated rings. The average molecular weight is 392 g/mol. The van der Waals surface area contributed by atoms with Crippen LogP contribution in [0.2, 0.25) is 0 Å². The van der Waals surface area contributed by atoms with Crippen LogP contribution in [0.25, 0.3) is 0 Å². The topological polar surface area (TPSA) is 56.9 Å². The standard InChI is InChI=1S/C11H8O.C5H5.2CO.Co.Fe/c12-11(9-5-1-2-6-9)10-7-3-4-8-10;1-2-4-5-3-1;2*1-2;;/h1-8H;1-5H;;;;/q;;;;;+2. The van der Waals surface area contributed by atoms with Crippen molar-refractivity contribution in [3.05, 3.63) is 109 Å². The van der Waals surface area contributed by atoms with Crippen LogP contribution in [0.15, 0.2) is 0 Å². The molecule has 118 valence electrons. The molecule has 5 heteroatoms. The van der Waals surface area contributed by atoms with Crippen LogP contribution >= 0.6 is 0 Å². The van der Waals surface area contributed by atoms with Crippen LogP contribution in [0.4, 0.5) is 0 Å². The number of Topliss-reactive ketones (excluding diaryl/α,β-unsaturated/α-hetero) is 1. The van der Waals surface area contributed by atoms with Crippen LogP contribution in [-0.4, -0.2) is 5.78 Å². The average Bonchev–Trinajstić information content (AvgIpc) is 3.36. The quantitative estimate of drug-likeness (QED) is 0.404. The van der Waals surface area contributed by atoms with E-state index in [9.17, 15) is 4.79 Å². The van der Waals surface area contributed by atoms with Gasteiger partial charge in [-0.3, -0.25) is 4.79 Å². The second kappa shape index (κ2) is 20.2. The first kappa shape index (κ1) is 28.0. The van der Waals surface area contributed by atoms with E-state index in [-0.39, 0.29) is 39.6 Å². The largest absolute Gasteiger partial charge is 2.00 e. The monoisotopic (exact) mass is 392 g/mol. The second-order valence-corrected chi connectivity index (χ2v) is 3.64. The van der Waals surface area contributed by atoms with Crippen LogP contribution < -0.4 is 0 Å². The number of carbonyl (C=O) groups excluding carboxylic acids is 1. The van der Waals surface area contributed by atoms with E-state index in [2.05, 4.69) is 13.3 Å². The van der Waals surface area contributed by atoms with Gasteiger partial charge in [0.15, 0.2) is 0 Å². The van der Waals surface area contributed by atoms with E-state index in [1.807, 2.05) is 83.5 Å². The maximum absolute atomic E-state index is 11.6. The fraction of sp³-hybridized carbons (Fsp3) is 0. The van der Waals surface area contributed by atoms with E-state index < -0.39 is 0 Å². The van der Waals surface area contributed by atoms with Crippen molar-refractivity contribution in [3.8, 4) is 0 Å². The first-order valence-electron chi connectivity index (χ1n) is 5.93. The van der Waals surface area contributed by atoms with E-state index in [1.165, 1.54) is 0 Å². The maximum atomic E-state index is 11.6. The van der Waals surface area contributed by atoms with E-state index >= 15 is 0 Å². The summed E-state index contributed by atoms with van der Waals surface area (Å²) in [7, 11) is 0. The SMILES string of the molecule is O=C([C]1[CH][CH][CH][CH]1)[C]1[CH][CH][CH][CH]1.[C-]#[O+].[C-]#[O+].[CH]1[CH][CH][CH][CH]1.[Co].[Fe+2]. The van der Waals surface area contributed by atoms with Gasteiger partial charge in [-0.15, -0.1) is 0 Å². The summed E-state index contributed by atoms with van der Waals surface area (Å²) in [5.74, 6) is 1.63. The molecule has 0 bridgehead atoms. The summed E-state index contributed by atoms with van der Waals surface area (Å²) in [5.41, 5.74) is 0. The van der Waals surface area contributed by atoms with E-state index in [0.29, 0.717) is 0 Å². The van der Waals surface area contributed by atoms with Gasteiger partial charge in [-0.1, -0.05) is 0 Å². The first-order valence-corrected chi connectivity index (χ1v) is 5.93. The normalized spacial score (nSPS) is 19.3.